The number of nitrogens with zero attached hydrogens (tertiary/aromatic N) is 1. The topological polar surface area (TPSA) is 65.2 Å². The number of hydrogen-bond donors (Lipinski definition) is 1. The Morgan fingerprint density at radius 3 is 2.42 bits per heavy atom. The molecule has 0 aliphatic heterocycles. The quantitative estimate of drug-likeness (QED) is 0.849. The van der Waals surface area contributed by atoms with E-state index in [-0.39, 0.29) is 18.4 Å². The Morgan fingerprint density at radius 1 is 1.32 bits per heavy atom. The van der Waals surface area contributed by atoms with Gasteiger partial charge in [0.25, 0.3) is 0 Å². The van der Waals surface area contributed by atoms with E-state index in [1.165, 1.54) is 0 Å². The summed E-state index contributed by atoms with van der Waals surface area (Å²) in [5, 5.41) is 0. The zero-order valence-electron chi connectivity index (χ0n) is 12.4. The molecule has 1 aromatic rings. The molecule has 106 valence electrons. The molecule has 1 rings (SSSR count). The predicted molar refractivity (Wildman–Crippen MR) is 75.4 cm³/mol. The van der Waals surface area contributed by atoms with Crippen LogP contribution in [0.3, 0.4) is 0 Å². The molecule has 0 amide bonds. The van der Waals surface area contributed by atoms with Crippen LogP contribution < -0.4 is 5.73 Å². The molecule has 0 spiro atoms. The van der Waals surface area contributed by atoms with Crippen LogP contribution in [0.4, 0.5) is 0 Å². The van der Waals surface area contributed by atoms with E-state index in [1.807, 2.05) is 52.8 Å². The smallest absolute Gasteiger partial charge is 0.306 e. The Labute approximate surface area is 115 Å². The van der Waals surface area contributed by atoms with Crippen LogP contribution >= 0.6 is 0 Å². The second kappa shape index (κ2) is 5.70. The molecule has 0 aliphatic carbocycles. The van der Waals surface area contributed by atoms with E-state index in [4.69, 9.17) is 10.5 Å². The van der Waals surface area contributed by atoms with Crippen molar-refractivity contribution in [1.29, 1.82) is 0 Å². The van der Waals surface area contributed by atoms with Gasteiger partial charge in [-0.2, -0.15) is 0 Å². The van der Waals surface area contributed by atoms with Crippen molar-refractivity contribution in [3.05, 3.63) is 30.1 Å². The molecule has 0 aromatic carbocycles. The lowest BCUT2D eigenvalue weighted by atomic mass is 9.80. The lowest BCUT2D eigenvalue weighted by Gasteiger charge is -2.31. The number of nitrogens with two attached hydrogens (primary N) is 1. The van der Waals surface area contributed by atoms with Crippen LogP contribution in [0, 0.1) is 5.41 Å². The van der Waals surface area contributed by atoms with E-state index in [1.54, 1.807) is 6.20 Å². The van der Waals surface area contributed by atoms with Gasteiger partial charge in [-0.15, -0.1) is 0 Å². The molecular weight excluding hydrogens is 240 g/mol. The average molecular weight is 264 g/mol. The molecular formula is C15H24N2O2. The SMILES string of the molecule is CC(C)(C)OC(=O)CC(C)(C)C(N)c1ccccn1. The zero-order chi connectivity index (χ0) is 14.7. The van der Waals surface area contributed by atoms with Gasteiger partial charge in [-0.1, -0.05) is 19.9 Å². The number of ether oxygens (including phenoxy) is 1. The lowest BCUT2D eigenvalue weighted by molar-refractivity contribution is -0.157. The first-order valence-corrected chi connectivity index (χ1v) is 6.50. The molecule has 4 nitrogen and oxygen atoms in total. The summed E-state index contributed by atoms with van der Waals surface area (Å²) in [6.07, 6.45) is 1.97. The molecule has 0 fully saturated rings. The zero-order valence-corrected chi connectivity index (χ0v) is 12.4. The molecule has 0 radical (unpaired) electrons. The number of pyridine rings is 1. The van der Waals surface area contributed by atoms with E-state index in [9.17, 15) is 4.79 Å². The van der Waals surface area contributed by atoms with E-state index >= 15 is 0 Å². The fraction of sp³-hybridized carbons (Fsp3) is 0.600. The Bertz CT molecular complexity index is 422. The minimum Gasteiger partial charge on any atom is -0.460 e. The fourth-order valence-electron chi connectivity index (χ4n) is 1.82. The van der Waals surface area contributed by atoms with Gasteiger partial charge < -0.3 is 10.5 Å². The number of hydrogen-bond acceptors (Lipinski definition) is 4. The first-order chi connectivity index (χ1) is 8.62. The molecule has 0 saturated carbocycles. The second-order valence-electron chi connectivity index (χ2n) is 6.48. The van der Waals surface area contributed by atoms with Crippen LogP contribution in [0.5, 0.6) is 0 Å². The average Bonchev–Trinajstić information content (AvgIpc) is 2.25. The van der Waals surface area contributed by atoms with Crippen molar-refractivity contribution in [3.8, 4) is 0 Å². The minimum atomic E-state index is -0.470. The molecule has 1 heterocycles. The van der Waals surface area contributed by atoms with Gasteiger partial charge in [0.2, 0.25) is 0 Å². The summed E-state index contributed by atoms with van der Waals surface area (Å²) in [7, 11) is 0. The Balaban J connectivity index is 2.73. The Kier molecular flexibility index (Phi) is 4.69. The first-order valence-electron chi connectivity index (χ1n) is 6.50. The van der Waals surface area contributed by atoms with E-state index in [0.717, 1.165) is 5.69 Å². The maximum absolute atomic E-state index is 11.9. The van der Waals surface area contributed by atoms with Crippen LogP contribution in [0.2, 0.25) is 0 Å². The van der Waals surface area contributed by atoms with Crippen LogP contribution in [-0.4, -0.2) is 16.6 Å². The normalized spacial score (nSPS) is 14.0. The number of aromatic nitrogens is 1. The van der Waals surface area contributed by atoms with Gasteiger partial charge in [0.05, 0.1) is 18.2 Å². The number of carbonyl (C=O) groups is 1. The van der Waals surface area contributed by atoms with E-state index in [0.29, 0.717) is 0 Å². The van der Waals surface area contributed by atoms with Crippen LogP contribution in [0.1, 0.15) is 52.8 Å². The summed E-state index contributed by atoms with van der Waals surface area (Å²) in [4.78, 5) is 16.2. The summed E-state index contributed by atoms with van der Waals surface area (Å²) >= 11 is 0. The summed E-state index contributed by atoms with van der Waals surface area (Å²) in [6, 6.07) is 5.31. The highest BCUT2D eigenvalue weighted by Gasteiger charge is 2.33. The lowest BCUT2D eigenvalue weighted by Crippen LogP contribution is -2.34. The first kappa shape index (κ1) is 15.6. The third-order valence-corrected chi connectivity index (χ3v) is 2.87. The monoisotopic (exact) mass is 264 g/mol. The summed E-state index contributed by atoms with van der Waals surface area (Å²) < 4.78 is 5.34. The van der Waals surface area contributed by atoms with Crippen molar-refractivity contribution in [2.45, 2.75) is 52.7 Å². The summed E-state index contributed by atoms with van der Waals surface area (Å²) in [6.45, 7) is 9.48. The van der Waals surface area contributed by atoms with Gasteiger partial charge in [0.15, 0.2) is 0 Å². The number of rotatable bonds is 4. The predicted octanol–water partition coefficient (Wildman–Crippen LogP) is 2.84. The van der Waals surface area contributed by atoms with Crippen molar-refractivity contribution >= 4 is 5.97 Å². The summed E-state index contributed by atoms with van der Waals surface area (Å²) in [5.41, 5.74) is 6.13. The third kappa shape index (κ3) is 4.99. The van der Waals surface area contributed by atoms with Crippen molar-refractivity contribution in [1.82, 2.24) is 4.98 Å². The molecule has 0 bridgehead atoms. The number of esters is 1. The van der Waals surface area contributed by atoms with Gasteiger partial charge in [-0.05, 0) is 38.3 Å². The highest BCUT2D eigenvalue weighted by molar-refractivity contribution is 5.70. The molecule has 4 heteroatoms. The van der Waals surface area contributed by atoms with Gasteiger partial charge >= 0.3 is 5.97 Å². The van der Waals surface area contributed by atoms with Crippen molar-refractivity contribution in [2.24, 2.45) is 11.1 Å². The number of carbonyl (C=O) groups excluding carboxylic acids is 1. The molecule has 19 heavy (non-hydrogen) atoms. The van der Waals surface area contributed by atoms with Gasteiger partial charge in [-0.25, -0.2) is 0 Å². The Hall–Kier alpha value is -1.42. The highest BCUT2D eigenvalue weighted by atomic mass is 16.6. The van der Waals surface area contributed by atoms with Crippen molar-refractivity contribution in [3.63, 3.8) is 0 Å². The third-order valence-electron chi connectivity index (χ3n) is 2.87. The minimum absolute atomic E-state index is 0.233. The molecule has 0 aliphatic rings. The molecule has 0 saturated heterocycles. The molecule has 1 aromatic heterocycles. The maximum Gasteiger partial charge on any atom is 0.306 e. The van der Waals surface area contributed by atoms with Gasteiger partial charge in [0, 0.05) is 6.20 Å². The second-order valence-corrected chi connectivity index (χ2v) is 6.48. The molecule has 1 atom stereocenters. The summed E-state index contributed by atoms with van der Waals surface area (Å²) in [5.74, 6) is -0.233. The van der Waals surface area contributed by atoms with Crippen molar-refractivity contribution < 1.29 is 9.53 Å². The van der Waals surface area contributed by atoms with Crippen LogP contribution in [0.25, 0.3) is 0 Å². The van der Waals surface area contributed by atoms with Crippen LogP contribution in [-0.2, 0) is 9.53 Å². The fourth-order valence-corrected chi connectivity index (χ4v) is 1.82. The maximum atomic E-state index is 11.9. The van der Waals surface area contributed by atoms with Crippen LogP contribution in [0.15, 0.2) is 24.4 Å². The largest absolute Gasteiger partial charge is 0.460 e. The van der Waals surface area contributed by atoms with Crippen molar-refractivity contribution in [2.75, 3.05) is 0 Å². The van der Waals surface area contributed by atoms with Gasteiger partial charge in [0.1, 0.15) is 5.60 Å². The molecule has 2 N–H and O–H groups in total. The van der Waals surface area contributed by atoms with E-state index in [2.05, 4.69) is 4.98 Å². The molecule has 1 unspecified atom stereocenters. The van der Waals surface area contributed by atoms with E-state index < -0.39 is 11.0 Å². The standard InChI is InChI=1S/C15H24N2O2/c1-14(2,3)19-12(18)10-15(4,5)13(16)11-8-6-7-9-17-11/h6-9,13H,10,16H2,1-5H3. The highest BCUT2D eigenvalue weighted by Crippen LogP contribution is 2.34. The Morgan fingerprint density at radius 2 is 1.95 bits per heavy atom. The van der Waals surface area contributed by atoms with Gasteiger partial charge in [-0.3, -0.25) is 9.78 Å².